The second kappa shape index (κ2) is 10.8. The van der Waals surface area contributed by atoms with Crippen LogP contribution in [0.4, 0.5) is 5.69 Å². The first-order valence-corrected chi connectivity index (χ1v) is 12.8. The number of fused-ring (bicyclic) bond motifs is 1. The Kier molecular flexibility index (Phi) is 7.07. The van der Waals surface area contributed by atoms with E-state index in [1.165, 1.54) is 23.3 Å². The quantitative estimate of drug-likeness (QED) is 0.224. The van der Waals surface area contributed by atoms with Crippen molar-refractivity contribution in [2.75, 3.05) is 0 Å². The summed E-state index contributed by atoms with van der Waals surface area (Å²) in [5.41, 5.74) is 10.1. The molecule has 194 valence electrons. The molecule has 0 aliphatic carbocycles. The van der Waals surface area contributed by atoms with Crippen LogP contribution in [0, 0.1) is 22.0 Å². The zero-order valence-electron chi connectivity index (χ0n) is 21.8. The number of allylic oxidation sites excluding steroid dienone is 2. The fourth-order valence-corrected chi connectivity index (χ4v) is 5.03. The van der Waals surface area contributed by atoms with Crippen LogP contribution in [0.5, 0.6) is 0 Å². The summed E-state index contributed by atoms with van der Waals surface area (Å²) in [6.45, 7) is 18.1. The summed E-state index contributed by atoms with van der Waals surface area (Å²) in [6.07, 6.45) is 1.93. The van der Waals surface area contributed by atoms with E-state index in [1.807, 2.05) is 24.3 Å². The monoisotopic (exact) mass is 514 g/mol. The molecule has 3 aromatic carbocycles. The molecule has 6 heteroatoms. The Morgan fingerprint density at radius 1 is 1.05 bits per heavy atom. The zero-order valence-corrected chi connectivity index (χ0v) is 21.8. The molecule has 2 aliphatic rings. The highest BCUT2D eigenvalue weighted by atomic mass is 16.6. The van der Waals surface area contributed by atoms with Gasteiger partial charge in [-0.2, -0.15) is 0 Å². The van der Waals surface area contributed by atoms with E-state index in [0.29, 0.717) is 12.2 Å². The Bertz CT molecular complexity index is 1560. The summed E-state index contributed by atoms with van der Waals surface area (Å²) >= 11 is 0. The number of non-ortho nitro benzene ring substituents is 1. The van der Waals surface area contributed by atoms with Crippen LogP contribution in [0.25, 0.3) is 16.8 Å². The third-order valence-corrected chi connectivity index (χ3v) is 7.16. The number of rotatable bonds is 6. The maximum Gasteiger partial charge on any atom is 0.269 e. The van der Waals surface area contributed by atoms with Gasteiger partial charge in [0.15, 0.2) is 0 Å². The lowest BCUT2D eigenvalue weighted by Crippen LogP contribution is -2.39. The predicted octanol–water partition coefficient (Wildman–Crippen LogP) is 6.48. The Labute approximate surface area is 229 Å². The smallest absolute Gasteiger partial charge is 0.269 e. The molecule has 0 saturated carbocycles. The van der Waals surface area contributed by atoms with Crippen molar-refractivity contribution < 1.29 is 4.92 Å². The van der Waals surface area contributed by atoms with E-state index in [2.05, 4.69) is 71.9 Å². The Hall–Kier alpha value is -5.02. The van der Waals surface area contributed by atoms with E-state index in [4.69, 9.17) is 0 Å². The molecule has 2 heterocycles. The Morgan fingerprint density at radius 2 is 1.74 bits per heavy atom. The molecule has 0 spiro atoms. The van der Waals surface area contributed by atoms with Crippen LogP contribution < -0.4 is 10.6 Å². The number of nitro benzene ring substituents is 1. The van der Waals surface area contributed by atoms with Crippen LogP contribution in [0.15, 0.2) is 110 Å². The van der Waals surface area contributed by atoms with Crippen molar-refractivity contribution in [1.82, 2.24) is 15.5 Å². The molecule has 1 unspecified atom stereocenters. The molecule has 0 aromatic heterocycles. The van der Waals surface area contributed by atoms with E-state index in [9.17, 15) is 10.1 Å². The Balaban J connectivity index is 1.17. The standard InChI is InChI=1S/C33H30N4O2/c1-22(5-7-26-8-11-28(12-9-26)29-13-15-31(16-14-29)37(38)39)34-20-27-10-17-32-25(4)36(21-30(32)19-27)33-18-6-23(2)35-24(33)3/h8-17,19,33-35H,1-4,6,18,20-21H2. The van der Waals surface area contributed by atoms with E-state index in [0.717, 1.165) is 58.7 Å². The van der Waals surface area contributed by atoms with E-state index < -0.39 is 4.92 Å². The summed E-state index contributed by atoms with van der Waals surface area (Å²) in [6, 6.07) is 21.0. The van der Waals surface area contributed by atoms with Crippen LogP contribution in [-0.2, 0) is 13.1 Å². The van der Waals surface area contributed by atoms with Crippen molar-refractivity contribution in [3.05, 3.63) is 143 Å². The third-order valence-electron chi connectivity index (χ3n) is 7.16. The number of hydrogen-bond acceptors (Lipinski definition) is 5. The molecule has 39 heavy (non-hydrogen) atoms. The summed E-state index contributed by atoms with van der Waals surface area (Å²) in [4.78, 5) is 12.8. The van der Waals surface area contributed by atoms with Crippen molar-refractivity contribution in [3.8, 4) is 23.0 Å². The number of hydrogen-bond donors (Lipinski definition) is 2. The maximum atomic E-state index is 10.9. The topological polar surface area (TPSA) is 70.4 Å². The van der Waals surface area contributed by atoms with Gasteiger partial charge in [-0.3, -0.25) is 10.1 Å². The van der Waals surface area contributed by atoms with Gasteiger partial charge in [0.25, 0.3) is 5.69 Å². The van der Waals surface area contributed by atoms with Gasteiger partial charge in [0, 0.05) is 53.4 Å². The van der Waals surface area contributed by atoms with Crippen LogP contribution in [-0.4, -0.2) is 15.9 Å². The van der Waals surface area contributed by atoms with E-state index >= 15 is 0 Å². The van der Waals surface area contributed by atoms with E-state index in [-0.39, 0.29) is 11.7 Å². The Morgan fingerprint density at radius 3 is 2.41 bits per heavy atom. The minimum absolute atomic E-state index is 0.0785. The summed E-state index contributed by atoms with van der Waals surface area (Å²) in [5, 5.41) is 17.5. The average Bonchev–Trinajstić information content (AvgIpc) is 3.26. The second-order valence-electron chi connectivity index (χ2n) is 9.84. The van der Waals surface area contributed by atoms with Crippen LogP contribution >= 0.6 is 0 Å². The molecule has 2 N–H and O–H groups in total. The minimum atomic E-state index is -0.399. The van der Waals surface area contributed by atoms with Crippen molar-refractivity contribution in [1.29, 1.82) is 0 Å². The summed E-state index contributed by atoms with van der Waals surface area (Å²) in [7, 11) is 0. The van der Waals surface area contributed by atoms with Gasteiger partial charge in [-0.05, 0) is 65.3 Å². The molecule has 1 fully saturated rings. The first kappa shape index (κ1) is 25.6. The number of piperidine rings is 1. The average molecular weight is 515 g/mol. The highest BCUT2D eigenvalue weighted by Gasteiger charge is 2.32. The van der Waals surface area contributed by atoms with Gasteiger partial charge >= 0.3 is 0 Å². The summed E-state index contributed by atoms with van der Waals surface area (Å²) in [5.74, 6) is 6.23. The van der Waals surface area contributed by atoms with Crippen molar-refractivity contribution in [2.45, 2.75) is 32.0 Å². The molecule has 6 nitrogen and oxygen atoms in total. The van der Waals surface area contributed by atoms with Crippen LogP contribution in [0.3, 0.4) is 0 Å². The van der Waals surface area contributed by atoms with Gasteiger partial charge in [-0.15, -0.1) is 0 Å². The predicted molar refractivity (Wildman–Crippen MR) is 157 cm³/mol. The molecule has 0 bridgehead atoms. The number of nitrogens with zero attached hydrogens (tertiary/aromatic N) is 2. The second-order valence-corrected chi connectivity index (χ2v) is 9.84. The molecular formula is C33H30N4O2. The SMILES string of the molecule is C=C(C#Cc1ccc(-c2ccc([N+](=O)[O-])cc2)cc1)NCc1ccc2c(c1)CN(C1CCC(=C)NC1=C)C2=C. The molecule has 0 radical (unpaired) electrons. The maximum absolute atomic E-state index is 10.9. The van der Waals surface area contributed by atoms with Crippen molar-refractivity contribution in [2.24, 2.45) is 0 Å². The molecule has 1 saturated heterocycles. The highest BCUT2D eigenvalue weighted by molar-refractivity contribution is 5.70. The van der Waals surface area contributed by atoms with Crippen molar-refractivity contribution >= 4 is 11.4 Å². The molecule has 1 atom stereocenters. The molecule has 5 rings (SSSR count). The van der Waals surface area contributed by atoms with Gasteiger partial charge in [0.2, 0.25) is 0 Å². The van der Waals surface area contributed by atoms with Crippen LogP contribution in [0.2, 0.25) is 0 Å². The molecule has 2 aliphatic heterocycles. The lowest BCUT2D eigenvalue weighted by molar-refractivity contribution is -0.384. The molecule has 3 aromatic rings. The molecule has 0 amide bonds. The largest absolute Gasteiger partial charge is 0.375 e. The molecular weight excluding hydrogens is 484 g/mol. The van der Waals surface area contributed by atoms with Crippen LogP contribution in [0.1, 0.15) is 35.1 Å². The lowest BCUT2D eigenvalue weighted by Gasteiger charge is -2.36. The van der Waals surface area contributed by atoms with Crippen molar-refractivity contribution in [3.63, 3.8) is 0 Å². The first-order valence-electron chi connectivity index (χ1n) is 12.8. The number of benzene rings is 3. The fourth-order valence-electron chi connectivity index (χ4n) is 5.03. The van der Waals surface area contributed by atoms with Gasteiger partial charge in [-0.1, -0.05) is 62.6 Å². The van der Waals surface area contributed by atoms with Gasteiger partial charge < -0.3 is 15.5 Å². The van der Waals surface area contributed by atoms with E-state index in [1.54, 1.807) is 12.1 Å². The fraction of sp³-hybridized carbons (Fsp3) is 0.152. The van der Waals surface area contributed by atoms with Gasteiger partial charge in [0.05, 0.1) is 16.7 Å². The third kappa shape index (κ3) is 5.63. The van der Waals surface area contributed by atoms with Gasteiger partial charge in [0.1, 0.15) is 0 Å². The lowest BCUT2D eigenvalue weighted by atomic mass is 10.0. The highest BCUT2D eigenvalue weighted by Crippen LogP contribution is 2.37. The first-order chi connectivity index (χ1) is 18.8. The number of nitro groups is 1. The van der Waals surface area contributed by atoms with Gasteiger partial charge in [-0.25, -0.2) is 0 Å². The number of nitrogens with one attached hydrogen (secondary N) is 2. The zero-order chi connectivity index (χ0) is 27.5. The minimum Gasteiger partial charge on any atom is -0.375 e. The normalized spacial score (nSPS) is 16.2. The summed E-state index contributed by atoms with van der Waals surface area (Å²) < 4.78 is 0.